The summed E-state index contributed by atoms with van der Waals surface area (Å²) in [6.07, 6.45) is -1.25. The van der Waals surface area contributed by atoms with E-state index in [-0.39, 0.29) is 23.2 Å². The summed E-state index contributed by atoms with van der Waals surface area (Å²) < 4.78 is 45.3. The minimum Gasteiger partial charge on any atom is -0.385 e. The number of hydrogen-bond acceptors (Lipinski definition) is 6. The van der Waals surface area contributed by atoms with E-state index in [1.807, 2.05) is 0 Å². The minimum atomic E-state index is -4.69. The van der Waals surface area contributed by atoms with Crippen molar-refractivity contribution in [1.82, 2.24) is 9.97 Å². The molecule has 2 aromatic heterocycles. The van der Waals surface area contributed by atoms with Gasteiger partial charge >= 0.3 is 6.18 Å². The van der Waals surface area contributed by atoms with Gasteiger partial charge in [0, 0.05) is 25.9 Å². The van der Waals surface area contributed by atoms with Gasteiger partial charge in [-0.25, -0.2) is 4.98 Å². The van der Waals surface area contributed by atoms with Crippen molar-refractivity contribution < 1.29 is 27.5 Å². The van der Waals surface area contributed by atoms with Gasteiger partial charge in [-0.1, -0.05) is 18.2 Å². The first-order valence-electron chi connectivity index (χ1n) is 8.91. The highest BCUT2D eigenvalue weighted by atomic mass is 19.4. The van der Waals surface area contributed by atoms with Crippen LogP contribution in [0.4, 0.5) is 24.5 Å². The number of halogens is 3. The molecule has 3 N–H and O–H groups in total. The number of methoxy groups -OCH3 is 1. The van der Waals surface area contributed by atoms with Crippen LogP contribution in [-0.2, 0) is 15.7 Å². The predicted molar refractivity (Wildman–Crippen MR) is 106 cm³/mol. The van der Waals surface area contributed by atoms with Crippen molar-refractivity contribution >= 4 is 34.5 Å². The number of nitrogens with one attached hydrogen (secondary N) is 3. The van der Waals surface area contributed by atoms with Crippen molar-refractivity contribution in [3.05, 3.63) is 53.3 Å². The molecule has 0 aliphatic rings. The molecular weight excluding hydrogens is 401 g/mol. The van der Waals surface area contributed by atoms with E-state index >= 15 is 0 Å². The van der Waals surface area contributed by atoms with E-state index in [1.54, 1.807) is 7.05 Å². The molecule has 3 rings (SSSR count). The number of carbonyl (C=O) groups is 2. The quantitative estimate of drug-likeness (QED) is 0.382. The van der Waals surface area contributed by atoms with Gasteiger partial charge < -0.3 is 25.1 Å². The fraction of sp³-hybridized carbons (Fsp3) is 0.250. The van der Waals surface area contributed by atoms with Gasteiger partial charge in [0.25, 0.3) is 0 Å². The van der Waals surface area contributed by atoms with Gasteiger partial charge in [0.2, 0.25) is 0 Å². The Kier molecular flexibility index (Phi) is 6.06. The lowest BCUT2D eigenvalue weighted by Crippen LogP contribution is -2.27. The van der Waals surface area contributed by atoms with Crippen molar-refractivity contribution in [3.63, 3.8) is 0 Å². The molecule has 0 saturated heterocycles. The van der Waals surface area contributed by atoms with Gasteiger partial charge in [0.1, 0.15) is 18.0 Å². The number of anilines is 2. The molecule has 0 aliphatic heterocycles. The number of benzene rings is 1. The number of alkyl halides is 3. The third-order valence-corrected chi connectivity index (χ3v) is 4.53. The van der Waals surface area contributed by atoms with Crippen LogP contribution in [0.1, 0.15) is 21.5 Å². The zero-order valence-electron chi connectivity index (χ0n) is 16.1. The number of aromatic amines is 1. The van der Waals surface area contributed by atoms with Crippen LogP contribution in [0.5, 0.6) is 0 Å². The number of rotatable bonds is 8. The highest BCUT2D eigenvalue weighted by molar-refractivity contribution is 6.20. The van der Waals surface area contributed by atoms with Gasteiger partial charge in [-0.15, -0.1) is 0 Å². The molecule has 0 fully saturated rings. The average Bonchev–Trinajstić information content (AvgIpc) is 3.16. The molecule has 0 aliphatic carbocycles. The van der Waals surface area contributed by atoms with Crippen LogP contribution in [0.15, 0.2) is 36.7 Å². The number of nitrogens with zero attached hydrogens (tertiary/aromatic N) is 1. The Balaban J connectivity index is 2.19. The van der Waals surface area contributed by atoms with E-state index < -0.39 is 29.1 Å². The van der Waals surface area contributed by atoms with E-state index in [2.05, 4.69) is 20.6 Å². The number of carbonyl (C=O) groups excluding carboxylic acids is 2. The standard InChI is InChI=1S/C20H19F3N4O3/c1-24-15-8-26-19-16(17(15)27-11(9-28)10-30-2)13(7-25-19)18(29)12-5-3-4-6-14(12)20(21,22)23/h3-9,11,24H,10H2,1-2H3,(H2,25,26,27). The summed E-state index contributed by atoms with van der Waals surface area (Å²) in [5.41, 5.74) is -0.409. The summed E-state index contributed by atoms with van der Waals surface area (Å²) in [6.45, 7) is 0.0566. The SMILES string of the molecule is CNc1cnc2[nH]cc(C(=O)c3ccccc3C(F)(F)F)c2c1NC(C=O)COC. The first-order valence-corrected chi connectivity index (χ1v) is 8.91. The maximum absolute atomic E-state index is 13.4. The number of aldehydes is 1. The molecule has 158 valence electrons. The minimum absolute atomic E-state index is 0.00383. The fourth-order valence-corrected chi connectivity index (χ4v) is 3.17. The summed E-state index contributed by atoms with van der Waals surface area (Å²) in [6, 6.07) is 3.84. The molecule has 1 unspecified atom stereocenters. The second-order valence-corrected chi connectivity index (χ2v) is 6.44. The number of hydrogen-bond donors (Lipinski definition) is 3. The molecule has 7 nitrogen and oxygen atoms in total. The molecule has 0 amide bonds. The number of ether oxygens (including phenoxy) is 1. The molecule has 10 heteroatoms. The lowest BCUT2D eigenvalue weighted by molar-refractivity contribution is -0.137. The first kappa shape index (κ1) is 21.3. The lowest BCUT2D eigenvalue weighted by Gasteiger charge is -2.18. The first-order chi connectivity index (χ1) is 14.3. The molecule has 2 heterocycles. The average molecular weight is 420 g/mol. The topological polar surface area (TPSA) is 96.1 Å². The Morgan fingerprint density at radius 3 is 2.67 bits per heavy atom. The van der Waals surface area contributed by atoms with Crippen LogP contribution >= 0.6 is 0 Å². The smallest absolute Gasteiger partial charge is 0.385 e. The third kappa shape index (κ3) is 3.99. The summed E-state index contributed by atoms with van der Waals surface area (Å²) in [7, 11) is 3.05. The summed E-state index contributed by atoms with van der Waals surface area (Å²) in [5, 5.41) is 6.15. The molecular formula is C20H19F3N4O3. The Bertz CT molecular complexity index is 1080. The van der Waals surface area contributed by atoms with Crippen LogP contribution in [0.25, 0.3) is 11.0 Å². The van der Waals surface area contributed by atoms with Crippen LogP contribution in [0.3, 0.4) is 0 Å². The number of pyridine rings is 1. The van der Waals surface area contributed by atoms with Crippen LogP contribution in [-0.4, -0.2) is 48.8 Å². The van der Waals surface area contributed by atoms with E-state index in [9.17, 15) is 22.8 Å². The Morgan fingerprint density at radius 1 is 1.30 bits per heavy atom. The lowest BCUT2D eigenvalue weighted by atomic mass is 9.97. The summed E-state index contributed by atoms with van der Waals surface area (Å²) in [5.74, 6) is -0.818. The van der Waals surface area contributed by atoms with E-state index in [0.29, 0.717) is 17.7 Å². The normalized spacial score (nSPS) is 12.6. The highest BCUT2D eigenvalue weighted by Gasteiger charge is 2.35. The summed E-state index contributed by atoms with van der Waals surface area (Å²) >= 11 is 0. The molecule has 30 heavy (non-hydrogen) atoms. The van der Waals surface area contributed by atoms with Gasteiger partial charge in [-0.2, -0.15) is 13.2 Å². The maximum Gasteiger partial charge on any atom is 0.417 e. The van der Waals surface area contributed by atoms with Gasteiger partial charge in [-0.3, -0.25) is 4.79 Å². The zero-order chi connectivity index (χ0) is 21.9. The number of aromatic nitrogens is 2. The van der Waals surface area contributed by atoms with Crippen molar-refractivity contribution in [2.45, 2.75) is 12.2 Å². The Labute approximate surface area is 169 Å². The number of H-pyrrole nitrogens is 1. The van der Waals surface area contributed by atoms with Gasteiger partial charge in [-0.05, 0) is 6.07 Å². The molecule has 3 aromatic rings. The zero-order valence-corrected chi connectivity index (χ0v) is 16.1. The molecule has 0 radical (unpaired) electrons. The number of ketones is 1. The molecule has 0 saturated carbocycles. The highest BCUT2D eigenvalue weighted by Crippen LogP contribution is 2.36. The molecule has 0 spiro atoms. The van der Waals surface area contributed by atoms with Crippen LogP contribution in [0, 0.1) is 0 Å². The Hall–Kier alpha value is -3.40. The van der Waals surface area contributed by atoms with Crippen LogP contribution < -0.4 is 10.6 Å². The maximum atomic E-state index is 13.4. The predicted octanol–water partition coefficient (Wildman–Crippen LogP) is 3.48. The van der Waals surface area contributed by atoms with Gasteiger partial charge in [0.15, 0.2) is 5.78 Å². The largest absolute Gasteiger partial charge is 0.417 e. The number of fused-ring (bicyclic) bond motifs is 1. The summed E-state index contributed by atoms with van der Waals surface area (Å²) in [4.78, 5) is 31.5. The van der Waals surface area contributed by atoms with E-state index in [4.69, 9.17) is 4.74 Å². The fourth-order valence-electron chi connectivity index (χ4n) is 3.17. The van der Waals surface area contributed by atoms with Crippen molar-refractivity contribution in [2.75, 3.05) is 31.4 Å². The molecule has 1 aromatic carbocycles. The second-order valence-electron chi connectivity index (χ2n) is 6.44. The molecule has 1 atom stereocenters. The van der Waals surface area contributed by atoms with E-state index in [0.717, 1.165) is 12.1 Å². The van der Waals surface area contributed by atoms with Gasteiger partial charge in [0.05, 0.1) is 40.7 Å². The van der Waals surface area contributed by atoms with Crippen molar-refractivity contribution in [3.8, 4) is 0 Å². The second kappa shape index (κ2) is 8.54. The van der Waals surface area contributed by atoms with Crippen molar-refractivity contribution in [1.29, 1.82) is 0 Å². The Morgan fingerprint density at radius 2 is 2.03 bits per heavy atom. The van der Waals surface area contributed by atoms with Crippen molar-refractivity contribution in [2.24, 2.45) is 0 Å². The molecule has 0 bridgehead atoms. The monoisotopic (exact) mass is 420 g/mol. The van der Waals surface area contributed by atoms with E-state index in [1.165, 1.54) is 31.6 Å². The third-order valence-electron chi connectivity index (χ3n) is 4.53. The van der Waals surface area contributed by atoms with Crippen LogP contribution in [0.2, 0.25) is 0 Å².